The molecule has 8 heteroatoms. The highest BCUT2D eigenvalue weighted by atomic mass is 32.1. The van der Waals surface area contributed by atoms with Crippen LogP contribution in [0.15, 0.2) is 40.5 Å². The minimum Gasteiger partial charge on any atom is -0.488 e. The molecule has 1 amide bonds. The number of likely N-dealkylation sites (tertiary alicyclic amines) is 1. The molecule has 1 aliphatic rings. The van der Waals surface area contributed by atoms with Crippen molar-refractivity contribution in [1.29, 1.82) is 0 Å². The lowest BCUT2D eigenvalue weighted by molar-refractivity contribution is 0.0766. The molecular formula is C19H20N4O3S. The predicted octanol–water partition coefficient (Wildman–Crippen LogP) is 2.44. The highest BCUT2D eigenvalue weighted by Gasteiger charge is 2.29. The molecule has 3 aromatic heterocycles. The van der Waals surface area contributed by atoms with Crippen LogP contribution in [0.1, 0.15) is 22.6 Å². The van der Waals surface area contributed by atoms with Crippen LogP contribution in [0.2, 0.25) is 0 Å². The van der Waals surface area contributed by atoms with E-state index >= 15 is 0 Å². The van der Waals surface area contributed by atoms with Gasteiger partial charge in [-0.05, 0) is 30.5 Å². The van der Waals surface area contributed by atoms with E-state index in [2.05, 4.69) is 10.2 Å². The number of hydrogen-bond acceptors (Lipinski definition) is 5. The van der Waals surface area contributed by atoms with Gasteiger partial charge < -0.3 is 14.2 Å². The zero-order valence-corrected chi connectivity index (χ0v) is 16.0. The average molecular weight is 384 g/mol. The first-order valence-corrected chi connectivity index (χ1v) is 9.62. The average Bonchev–Trinajstić information content (AvgIpc) is 3.38. The molecule has 0 aliphatic carbocycles. The Bertz CT molecular complexity index is 1020. The van der Waals surface area contributed by atoms with Crippen LogP contribution >= 0.6 is 11.3 Å². The number of H-pyrrole nitrogens is 1. The number of aromatic amines is 1. The molecule has 1 saturated heterocycles. The third-order valence-electron chi connectivity index (χ3n) is 4.80. The smallest absolute Gasteiger partial charge is 0.274 e. The molecule has 4 heterocycles. The Morgan fingerprint density at radius 1 is 1.37 bits per heavy atom. The van der Waals surface area contributed by atoms with Crippen molar-refractivity contribution < 1.29 is 9.53 Å². The number of rotatable bonds is 4. The van der Waals surface area contributed by atoms with E-state index < -0.39 is 0 Å². The highest BCUT2D eigenvalue weighted by Crippen LogP contribution is 2.24. The molecule has 0 radical (unpaired) electrons. The van der Waals surface area contributed by atoms with Crippen molar-refractivity contribution in [1.82, 2.24) is 19.7 Å². The SMILES string of the molecule is Cc1cc(OC2CCN(C(=O)c3cc(-c4cccs4)[nH]n3)C2)cc(=O)n1C. The summed E-state index contributed by atoms with van der Waals surface area (Å²) < 4.78 is 7.51. The third-order valence-corrected chi connectivity index (χ3v) is 5.70. The topological polar surface area (TPSA) is 80.2 Å². The number of amides is 1. The minimum atomic E-state index is -0.129. The van der Waals surface area contributed by atoms with Gasteiger partial charge in [-0.3, -0.25) is 14.7 Å². The number of pyridine rings is 1. The van der Waals surface area contributed by atoms with Crippen molar-refractivity contribution in [3.8, 4) is 16.3 Å². The molecule has 1 aliphatic heterocycles. The van der Waals surface area contributed by atoms with E-state index in [1.165, 1.54) is 6.07 Å². The van der Waals surface area contributed by atoms with Crippen LogP contribution in [0, 0.1) is 6.92 Å². The van der Waals surface area contributed by atoms with E-state index in [1.807, 2.05) is 30.5 Å². The molecule has 4 rings (SSSR count). The van der Waals surface area contributed by atoms with E-state index in [9.17, 15) is 9.59 Å². The highest BCUT2D eigenvalue weighted by molar-refractivity contribution is 7.13. The molecular weight excluding hydrogens is 364 g/mol. The summed E-state index contributed by atoms with van der Waals surface area (Å²) in [6.07, 6.45) is 0.596. The van der Waals surface area contributed by atoms with Gasteiger partial charge in [-0.1, -0.05) is 6.07 Å². The molecule has 0 spiro atoms. The van der Waals surface area contributed by atoms with Crippen LogP contribution in [-0.2, 0) is 7.05 Å². The van der Waals surface area contributed by atoms with E-state index in [0.717, 1.165) is 22.7 Å². The summed E-state index contributed by atoms with van der Waals surface area (Å²) in [5.41, 5.74) is 1.98. The van der Waals surface area contributed by atoms with Gasteiger partial charge in [0.2, 0.25) is 0 Å². The summed E-state index contributed by atoms with van der Waals surface area (Å²) in [6.45, 7) is 2.95. The maximum absolute atomic E-state index is 12.7. The zero-order valence-electron chi connectivity index (χ0n) is 15.1. The number of aromatic nitrogens is 3. The van der Waals surface area contributed by atoms with Crippen molar-refractivity contribution in [3.63, 3.8) is 0 Å². The summed E-state index contributed by atoms with van der Waals surface area (Å²) in [7, 11) is 1.73. The van der Waals surface area contributed by atoms with Gasteiger partial charge in [-0.25, -0.2) is 0 Å². The van der Waals surface area contributed by atoms with E-state index in [0.29, 0.717) is 24.5 Å². The fourth-order valence-electron chi connectivity index (χ4n) is 3.16. The number of hydrogen-bond donors (Lipinski definition) is 1. The summed E-state index contributed by atoms with van der Waals surface area (Å²) in [6, 6.07) is 9.06. The van der Waals surface area contributed by atoms with Crippen LogP contribution in [0.4, 0.5) is 0 Å². The summed E-state index contributed by atoms with van der Waals surface area (Å²) in [4.78, 5) is 27.4. The minimum absolute atomic E-state index is 0.103. The van der Waals surface area contributed by atoms with E-state index in [-0.39, 0.29) is 17.6 Å². The van der Waals surface area contributed by atoms with Gasteiger partial charge in [0.05, 0.1) is 17.1 Å². The lowest BCUT2D eigenvalue weighted by Crippen LogP contribution is -2.31. The van der Waals surface area contributed by atoms with Gasteiger partial charge >= 0.3 is 0 Å². The normalized spacial score (nSPS) is 16.7. The Labute approximate surface area is 160 Å². The lowest BCUT2D eigenvalue weighted by atomic mass is 10.3. The van der Waals surface area contributed by atoms with Crippen LogP contribution in [0.25, 0.3) is 10.6 Å². The van der Waals surface area contributed by atoms with Crippen LogP contribution in [0.5, 0.6) is 5.75 Å². The molecule has 0 saturated carbocycles. The molecule has 1 fully saturated rings. The molecule has 1 unspecified atom stereocenters. The molecule has 1 atom stereocenters. The van der Waals surface area contributed by atoms with Gasteiger partial charge in [-0.2, -0.15) is 5.10 Å². The standard InChI is InChI=1S/C19H20N4O3S/c1-12-8-14(9-18(24)22(12)2)26-13-5-6-23(11-13)19(25)16-10-15(20-21-16)17-4-3-7-27-17/h3-4,7-10,13H,5-6,11H2,1-2H3,(H,20,21). The van der Waals surface area contributed by atoms with Crippen LogP contribution < -0.4 is 10.3 Å². The predicted molar refractivity (Wildman–Crippen MR) is 103 cm³/mol. The van der Waals surface area contributed by atoms with Gasteiger partial charge in [-0.15, -0.1) is 11.3 Å². The monoisotopic (exact) mass is 384 g/mol. The summed E-state index contributed by atoms with van der Waals surface area (Å²) >= 11 is 1.59. The van der Waals surface area contributed by atoms with Crippen molar-refractivity contribution in [3.05, 3.63) is 57.5 Å². The quantitative estimate of drug-likeness (QED) is 0.749. The second kappa shape index (κ2) is 7.03. The molecule has 7 nitrogen and oxygen atoms in total. The van der Waals surface area contributed by atoms with E-state index in [4.69, 9.17) is 4.74 Å². The maximum Gasteiger partial charge on any atom is 0.274 e. The number of carbonyl (C=O) groups is 1. The van der Waals surface area contributed by atoms with Crippen molar-refractivity contribution in [2.24, 2.45) is 7.05 Å². The Kier molecular flexibility index (Phi) is 4.57. The summed E-state index contributed by atoms with van der Waals surface area (Å²) in [5.74, 6) is 0.440. The fraction of sp³-hybridized carbons (Fsp3) is 0.316. The largest absolute Gasteiger partial charge is 0.488 e. The van der Waals surface area contributed by atoms with Gasteiger partial charge in [0, 0.05) is 31.8 Å². The molecule has 1 N–H and O–H groups in total. The summed E-state index contributed by atoms with van der Waals surface area (Å²) in [5, 5.41) is 9.07. The fourth-order valence-corrected chi connectivity index (χ4v) is 3.85. The second-order valence-electron chi connectivity index (χ2n) is 6.65. The zero-order chi connectivity index (χ0) is 19.0. The van der Waals surface area contributed by atoms with Crippen molar-refractivity contribution in [2.75, 3.05) is 13.1 Å². The molecule has 0 bridgehead atoms. The number of ether oxygens (including phenoxy) is 1. The molecule has 27 heavy (non-hydrogen) atoms. The Morgan fingerprint density at radius 3 is 2.96 bits per heavy atom. The lowest BCUT2D eigenvalue weighted by Gasteiger charge is -2.17. The first-order chi connectivity index (χ1) is 13.0. The second-order valence-corrected chi connectivity index (χ2v) is 7.60. The number of carbonyl (C=O) groups excluding carboxylic acids is 1. The number of nitrogens with one attached hydrogen (secondary N) is 1. The van der Waals surface area contributed by atoms with Gasteiger partial charge in [0.1, 0.15) is 11.9 Å². The first kappa shape index (κ1) is 17.5. The molecule has 140 valence electrons. The van der Waals surface area contributed by atoms with Crippen molar-refractivity contribution >= 4 is 17.2 Å². The van der Waals surface area contributed by atoms with Gasteiger partial charge in [0.25, 0.3) is 11.5 Å². The van der Waals surface area contributed by atoms with E-state index in [1.54, 1.807) is 33.9 Å². The van der Waals surface area contributed by atoms with Gasteiger partial charge in [0.15, 0.2) is 5.69 Å². The van der Waals surface area contributed by atoms with Crippen LogP contribution in [0.3, 0.4) is 0 Å². The Morgan fingerprint density at radius 2 is 2.22 bits per heavy atom. The Hall–Kier alpha value is -2.87. The Balaban J connectivity index is 1.42. The van der Waals surface area contributed by atoms with Crippen LogP contribution in [-0.4, -0.2) is 44.8 Å². The number of nitrogens with zero attached hydrogens (tertiary/aromatic N) is 3. The van der Waals surface area contributed by atoms with Crippen molar-refractivity contribution in [2.45, 2.75) is 19.4 Å². The third kappa shape index (κ3) is 3.52. The number of thiophene rings is 1. The number of aryl methyl sites for hydroxylation is 1. The molecule has 0 aromatic carbocycles. The first-order valence-electron chi connectivity index (χ1n) is 8.74. The molecule has 3 aromatic rings. The maximum atomic E-state index is 12.7.